The Morgan fingerprint density at radius 2 is 2.47 bits per heavy atom. The number of pyridine rings is 1. The highest BCUT2D eigenvalue weighted by Gasteiger charge is 2.25. The third kappa shape index (κ3) is 2.18. The average Bonchev–Trinajstić information content (AvgIpc) is 2.75. The van der Waals surface area contributed by atoms with Crippen molar-refractivity contribution >= 4 is 11.7 Å². The van der Waals surface area contributed by atoms with Crippen LogP contribution in [0.5, 0.6) is 0 Å². The Hall–Kier alpha value is -2.16. The highest BCUT2D eigenvalue weighted by molar-refractivity contribution is 5.94. The summed E-state index contributed by atoms with van der Waals surface area (Å²) < 4.78 is 13.1. The Labute approximate surface area is 97.1 Å². The molecule has 1 fully saturated rings. The molecule has 1 aliphatic rings. The molecule has 0 saturated carbocycles. The molecule has 5 nitrogen and oxygen atoms in total. The summed E-state index contributed by atoms with van der Waals surface area (Å²) in [4.78, 5) is 16.5. The zero-order valence-corrected chi connectivity index (χ0v) is 8.93. The van der Waals surface area contributed by atoms with Crippen molar-refractivity contribution in [1.82, 2.24) is 4.98 Å². The number of anilines is 1. The third-order valence-corrected chi connectivity index (χ3v) is 2.70. The molecule has 1 saturated heterocycles. The van der Waals surface area contributed by atoms with E-state index in [0.29, 0.717) is 18.7 Å². The number of carboxylic acid groups (broad SMARTS) is 1. The molecular formula is C11H10FN3O2. The van der Waals surface area contributed by atoms with Gasteiger partial charge in [0.1, 0.15) is 17.9 Å². The largest absolute Gasteiger partial charge is 0.478 e. The van der Waals surface area contributed by atoms with E-state index in [0.717, 1.165) is 0 Å². The predicted molar refractivity (Wildman–Crippen MR) is 57.6 cm³/mol. The second-order valence-corrected chi connectivity index (χ2v) is 3.84. The molecule has 2 heterocycles. The first-order valence-electron chi connectivity index (χ1n) is 5.14. The van der Waals surface area contributed by atoms with Crippen LogP contribution in [0.15, 0.2) is 12.3 Å². The van der Waals surface area contributed by atoms with E-state index in [1.807, 2.05) is 0 Å². The predicted octanol–water partition coefficient (Wildman–Crippen LogP) is 1.20. The van der Waals surface area contributed by atoms with E-state index in [1.54, 1.807) is 11.0 Å². The van der Waals surface area contributed by atoms with E-state index in [9.17, 15) is 9.18 Å². The van der Waals surface area contributed by atoms with Crippen LogP contribution >= 0.6 is 0 Å². The van der Waals surface area contributed by atoms with Gasteiger partial charge in [0, 0.05) is 13.1 Å². The minimum absolute atomic E-state index is 0.00866. The van der Waals surface area contributed by atoms with E-state index >= 15 is 0 Å². The highest BCUT2D eigenvalue weighted by Crippen LogP contribution is 2.25. The summed E-state index contributed by atoms with van der Waals surface area (Å²) in [7, 11) is 0. The van der Waals surface area contributed by atoms with E-state index in [4.69, 9.17) is 10.4 Å². The van der Waals surface area contributed by atoms with Crippen LogP contribution in [0, 0.1) is 11.3 Å². The molecule has 1 aromatic heterocycles. The molecule has 1 atom stereocenters. The van der Waals surface area contributed by atoms with E-state index in [2.05, 4.69) is 4.98 Å². The van der Waals surface area contributed by atoms with Crippen molar-refractivity contribution in [2.45, 2.75) is 12.6 Å². The number of rotatable bonds is 2. The molecule has 6 heteroatoms. The standard InChI is InChI=1S/C11H10FN3O2/c12-7-1-2-15(6-7)10-5-14-8(4-13)3-9(10)11(16)17/h3,5,7H,1-2,6H2,(H,16,17). The van der Waals surface area contributed by atoms with Gasteiger partial charge in [-0.2, -0.15) is 5.26 Å². The monoisotopic (exact) mass is 235 g/mol. The quantitative estimate of drug-likeness (QED) is 0.833. The lowest BCUT2D eigenvalue weighted by atomic mass is 10.2. The number of aromatic carboxylic acids is 1. The van der Waals surface area contributed by atoms with Gasteiger partial charge in [0.05, 0.1) is 17.4 Å². The van der Waals surface area contributed by atoms with Crippen molar-refractivity contribution in [2.24, 2.45) is 0 Å². The van der Waals surface area contributed by atoms with E-state index in [1.165, 1.54) is 12.3 Å². The van der Waals surface area contributed by atoms with Crippen LogP contribution in [0.2, 0.25) is 0 Å². The molecule has 0 radical (unpaired) electrons. The zero-order valence-electron chi connectivity index (χ0n) is 8.93. The van der Waals surface area contributed by atoms with Gasteiger partial charge in [-0.05, 0) is 12.5 Å². The van der Waals surface area contributed by atoms with Gasteiger partial charge < -0.3 is 10.0 Å². The fraction of sp³-hybridized carbons (Fsp3) is 0.364. The first kappa shape index (κ1) is 11.3. The van der Waals surface area contributed by atoms with Gasteiger partial charge in [-0.3, -0.25) is 0 Å². The lowest BCUT2D eigenvalue weighted by Gasteiger charge is -2.19. The maximum absolute atomic E-state index is 13.1. The minimum atomic E-state index is -1.14. The van der Waals surface area contributed by atoms with Crippen molar-refractivity contribution in [3.63, 3.8) is 0 Å². The number of aromatic nitrogens is 1. The summed E-state index contributed by atoms with van der Waals surface area (Å²) in [6, 6.07) is 2.99. The molecule has 1 aromatic rings. The molecular weight excluding hydrogens is 225 g/mol. The third-order valence-electron chi connectivity index (χ3n) is 2.70. The van der Waals surface area contributed by atoms with Crippen molar-refractivity contribution < 1.29 is 14.3 Å². The molecule has 1 N–H and O–H groups in total. The number of alkyl halides is 1. The van der Waals surface area contributed by atoms with Crippen LogP contribution in [-0.4, -0.2) is 35.3 Å². The van der Waals surface area contributed by atoms with Gasteiger partial charge in [0.25, 0.3) is 0 Å². The summed E-state index contributed by atoms with van der Waals surface area (Å²) >= 11 is 0. The van der Waals surface area contributed by atoms with Gasteiger partial charge in [-0.15, -0.1) is 0 Å². The second kappa shape index (κ2) is 4.37. The number of hydrogen-bond donors (Lipinski definition) is 1. The Kier molecular flexibility index (Phi) is 2.91. The zero-order chi connectivity index (χ0) is 12.4. The SMILES string of the molecule is N#Cc1cc(C(=O)O)c(N2CCC(F)C2)cn1. The molecule has 1 aliphatic heterocycles. The minimum Gasteiger partial charge on any atom is -0.478 e. The van der Waals surface area contributed by atoms with E-state index < -0.39 is 12.1 Å². The van der Waals surface area contributed by atoms with E-state index in [-0.39, 0.29) is 17.8 Å². The maximum atomic E-state index is 13.1. The van der Waals surface area contributed by atoms with Crippen LogP contribution in [0.1, 0.15) is 22.5 Å². The number of nitrogens with zero attached hydrogens (tertiary/aromatic N) is 3. The van der Waals surface area contributed by atoms with Gasteiger partial charge in [0.15, 0.2) is 0 Å². The van der Waals surface area contributed by atoms with Crippen molar-refractivity contribution in [1.29, 1.82) is 5.26 Å². The fourth-order valence-electron chi connectivity index (χ4n) is 1.87. The van der Waals surface area contributed by atoms with Crippen LogP contribution in [-0.2, 0) is 0 Å². The summed E-state index contributed by atoms with van der Waals surface area (Å²) in [5.41, 5.74) is 0.407. The first-order valence-corrected chi connectivity index (χ1v) is 5.14. The number of nitriles is 1. The first-order chi connectivity index (χ1) is 8.11. The molecule has 2 rings (SSSR count). The van der Waals surface area contributed by atoms with Gasteiger partial charge in [-0.25, -0.2) is 14.2 Å². The lowest BCUT2D eigenvalue weighted by Crippen LogP contribution is -2.23. The van der Waals surface area contributed by atoms with Crippen LogP contribution in [0.3, 0.4) is 0 Å². The summed E-state index contributed by atoms with van der Waals surface area (Å²) in [6.07, 6.45) is 0.770. The normalized spacial score (nSPS) is 19.1. The van der Waals surface area contributed by atoms with Gasteiger partial charge in [0.2, 0.25) is 0 Å². The Morgan fingerprint density at radius 1 is 1.71 bits per heavy atom. The van der Waals surface area contributed by atoms with Crippen molar-refractivity contribution in [3.05, 3.63) is 23.5 Å². The molecule has 88 valence electrons. The van der Waals surface area contributed by atoms with Gasteiger partial charge >= 0.3 is 5.97 Å². The number of carboxylic acids is 1. The maximum Gasteiger partial charge on any atom is 0.337 e. The van der Waals surface area contributed by atoms with Crippen LogP contribution < -0.4 is 4.90 Å². The van der Waals surface area contributed by atoms with Crippen molar-refractivity contribution in [3.8, 4) is 6.07 Å². The molecule has 1 unspecified atom stereocenters. The van der Waals surface area contributed by atoms with Gasteiger partial charge in [-0.1, -0.05) is 0 Å². The molecule has 0 aromatic carbocycles. The topological polar surface area (TPSA) is 77.2 Å². The second-order valence-electron chi connectivity index (χ2n) is 3.84. The molecule has 0 aliphatic carbocycles. The van der Waals surface area contributed by atoms with Crippen molar-refractivity contribution in [2.75, 3.05) is 18.0 Å². The summed E-state index contributed by atoms with van der Waals surface area (Å²) in [5.74, 6) is -1.14. The lowest BCUT2D eigenvalue weighted by molar-refractivity contribution is 0.0697. The smallest absolute Gasteiger partial charge is 0.337 e. The Morgan fingerprint density at radius 3 is 3.00 bits per heavy atom. The van der Waals surface area contributed by atoms with Crippen LogP contribution in [0.25, 0.3) is 0 Å². The Bertz CT molecular complexity index is 498. The van der Waals surface area contributed by atoms with Crippen LogP contribution in [0.4, 0.5) is 10.1 Å². The molecule has 0 amide bonds. The number of carbonyl (C=O) groups is 1. The Balaban J connectivity index is 2.40. The molecule has 0 spiro atoms. The number of halogens is 1. The molecule has 17 heavy (non-hydrogen) atoms. The highest BCUT2D eigenvalue weighted by atomic mass is 19.1. The number of hydrogen-bond acceptors (Lipinski definition) is 4. The molecule has 0 bridgehead atoms. The fourth-order valence-corrected chi connectivity index (χ4v) is 1.87. The average molecular weight is 235 g/mol. The summed E-state index contributed by atoms with van der Waals surface area (Å²) in [6.45, 7) is 0.642. The summed E-state index contributed by atoms with van der Waals surface area (Å²) in [5, 5.41) is 17.7.